The van der Waals surface area contributed by atoms with Gasteiger partial charge in [-0.2, -0.15) is 11.3 Å². The van der Waals surface area contributed by atoms with Gasteiger partial charge in [-0.15, -0.1) is 0 Å². The zero-order valence-corrected chi connectivity index (χ0v) is 10.4. The van der Waals surface area contributed by atoms with Crippen LogP contribution < -0.4 is 11.5 Å². The molecule has 3 rings (SSSR count). The van der Waals surface area contributed by atoms with Crippen LogP contribution in [0.15, 0.2) is 44.2 Å². The van der Waals surface area contributed by atoms with E-state index < -0.39 is 0 Å². The predicted molar refractivity (Wildman–Crippen MR) is 72.9 cm³/mol. The number of hydrogen-bond donors (Lipinski definition) is 1. The third-order valence-corrected chi connectivity index (χ3v) is 3.63. The molecule has 0 amide bonds. The van der Waals surface area contributed by atoms with Crippen molar-refractivity contribution in [2.45, 2.75) is 13.0 Å². The molecule has 0 aliphatic rings. The maximum atomic E-state index is 11.8. The molecule has 3 aromatic rings. The maximum Gasteiger partial charge on any atom is 0.419 e. The molecule has 2 N–H and O–H groups in total. The SMILES string of the molecule is Nc1ccc2c(c1)oc(=O)n2CCc1ccsc1. The molecule has 1 aromatic carbocycles. The summed E-state index contributed by atoms with van der Waals surface area (Å²) in [6, 6.07) is 7.34. The number of aromatic nitrogens is 1. The van der Waals surface area contributed by atoms with Crippen molar-refractivity contribution in [2.24, 2.45) is 0 Å². The van der Waals surface area contributed by atoms with Gasteiger partial charge in [-0.05, 0) is 40.9 Å². The lowest BCUT2D eigenvalue weighted by Crippen LogP contribution is -2.15. The number of hydrogen-bond acceptors (Lipinski definition) is 4. The van der Waals surface area contributed by atoms with Gasteiger partial charge in [0.05, 0.1) is 5.52 Å². The summed E-state index contributed by atoms with van der Waals surface area (Å²) in [4.78, 5) is 11.8. The molecule has 0 unspecified atom stereocenters. The molecule has 0 bridgehead atoms. The number of anilines is 1. The molecule has 0 fully saturated rings. The normalized spacial score (nSPS) is 11.1. The van der Waals surface area contributed by atoms with Gasteiger partial charge in [0.1, 0.15) is 0 Å². The Bertz CT molecular complexity index is 725. The van der Waals surface area contributed by atoms with Crippen LogP contribution >= 0.6 is 11.3 Å². The first-order chi connectivity index (χ1) is 8.74. The lowest BCUT2D eigenvalue weighted by Gasteiger charge is -2.00. The molecule has 0 aliphatic carbocycles. The van der Waals surface area contributed by atoms with Gasteiger partial charge in [-0.3, -0.25) is 4.57 Å². The number of rotatable bonds is 3. The number of oxazole rings is 1. The summed E-state index contributed by atoms with van der Waals surface area (Å²) in [6.07, 6.45) is 0.822. The van der Waals surface area contributed by atoms with E-state index in [4.69, 9.17) is 10.2 Å². The van der Waals surface area contributed by atoms with Crippen molar-refractivity contribution < 1.29 is 4.42 Å². The summed E-state index contributed by atoms with van der Waals surface area (Å²) < 4.78 is 6.83. The van der Waals surface area contributed by atoms with Gasteiger partial charge >= 0.3 is 5.76 Å². The number of thiophene rings is 1. The van der Waals surface area contributed by atoms with Crippen LogP contribution in [0.3, 0.4) is 0 Å². The topological polar surface area (TPSA) is 61.2 Å². The van der Waals surface area contributed by atoms with Crippen molar-refractivity contribution in [3.05, 3.63) is 51.1 Å². The van der Waals surface area contributed by atoms with Crippen LogP contribution in [0.2, 0.25) is 0 Å². The third kappa shape index (κ3) is 1.93. The van der Waals surface area contributed by atoms with E-state index in [0.717, 1.165) is 11.9 Å². The molecule has 2 aromatic heterocycles. The van der Waals surface area contributed by atoms with Crippen molar-refractivity contribution in [2.75, 3.05) is 5.73 Å². The van der Waals surface area contributed by atoms with E-state index in [1.165, 1.54) is 5.56 Å². The standard InChI is InChI=1S/C13H12N2O2S/c14-10-1-2-11-12(7-10)17-13(16)15(11)5-3-9-4-6-18-8-9/h1-2,4,6-8H,3,5,14H2. The van der Waals surface area contributed by atoms with Gasteiger partial charge in [0.25, 0.3) is 0 Å². The summed E-state index contributed by atoms with van der Waals surface area (Å²) >= 11 is 1.66. The second-order valence-corrected chi connectivity index (χ2v) is 4.91. The fraction of sp³-hybridized carbons (Fsp3) is 0.154. The van der Waals surface area contributed by atoms with Gasteiger partial charge in [0.2, 0.25) is 0 Å². The van der Waals surface area contributed by atoms with Crippen molar-refractivity contribution in [1.29, 1.82) is 0 Å². The molecule has 18 heavy (non-hydrogen) atoms. The van der Waals surface area contributed by atoms with E-state index in [0.29, 0.717) is 17.8 Å². The van der Waals surface area contributed by atoms with Crippen LogP contribution in [0.4, 0.5) is 5.69 Å². The first-order valence-corrected chi connectivity index (χ1v) is 6.58. The molecule has 0 spiro atoms. The molecule has 0 radical (unpaired) electrons. The number of nitrogens with two attached hydrogens (primary N) is 1. The van der Waals surface area contributed by atoms with E-state index in [-0.39, 0.29) is 5.76 Å². The first kappa shape index (κ1) is 11.1. The number of nitrogens with zero attached hydrogens (tertiary/aromatic N) is 1. The molecule has 0 saturated heterocycles. The predicted octanol–water partition coefficient (Wildman–Crippen LogP) is 2.48. The molecule has 0 aliphatic heterocycles. The minimum Gasteiger partial charge on any atom is -0.408 e. The fourth-order valence-electron chi connectivity index (χ4n) is 1.97. The largest absolute Gasteiger partial charge is 0.419 e. The Morgan fingerprint density at radius 2 is 2.22 bits per heavy atom. The van der Waals surface area contributed by atoms with Crippen molar-refractivity contribution in [3.8, 4) is 0 Å². The Hall–Kier alpha value is -2.01. The smallest absolute Gasteiger partial charge is 0.408 e. The highest BCUT2D eigenvalue weighted by Crippen LogP contribution is 2.17. The highest BCUT2D eigenvalue weighted by Gasteiger charge is 2.09. The second-order valence-electron chi connectivity index (χ2n) is 4.13. The zero-order valence-electron chi connectivity index (χ0n) is 9.63. The summed E-state index contributed by atoms with van der Waals surface area (Å²) in [5, 5.41) is 4.12. The fourth-order valence-corrected chi connectivity index (χ4v) is 2.67. The van der Waals surface area contributed by atoms with Crippen LogP contribution in [0.1, 0.15) is 5.56 Å². The number of aryl methyl sites for hydroxylation is 2. The highest BCUT2D eigenvalue weighted by atomic mass is 32.1. The van der Waals surface area contributed by atoms with Crippen molar-refractivity contribution in [1.82, 2.24) is 4.57 Å². The second kappa shape index (κ2) is 4.34. The summed E-state index contributed by atoms with van der Waals surface area (Å²) in [6.45, 7) is 0.618. The molecule has 5 heteroatoms. The summed E-state index contributed by atoms with van der Waals surface area (Å²) in [5.74, 6) is -0.328. The minimum atomic E-state index is -0.328. The van der Waals surface area contributed by atoms with E-state index in [1.54, 1.807) is 28.0 Å². The van der Waals surface area contributed by atoms with E-state index in [9.17, 15) is 4.79 Å². The van der Waals surface area contributed by atoms with Gasteiger partial charge in [0.15, 0.2) is 5.58 Å². The number of fused-ring (bicyclic) bond motifs is 1. The lowest BCUT2D eigenvalue weighted by molar-refractivity contribution is 0.505. The molecular formula is C13H12N2O2S. The van der Waals surface area contributed by atoms with E-state index in [2.05, 4.69) is 11.4 Å². The monoisotopic (exact) mass is 260 g/mol. The van der Waals surface area contributed by atoms with E-state index >= 15 is 0 Å². The van der Waals surface area contributed by atoms with Crippen LogP contribution in [0.25, 0.3) is 11.1 Å². The Morgan fingerprint density at radius 3 is 3.00 bits per heavy atom. The van der Waals surface area contributed by atoms with Crippen molar-refractivity contribution in [3.63, 3.8) is 0 Å². The Kier molecular flexibility index (Phi) is 2.68. The Balaban J connectivity index is 1.96. The molecule has 0 saturated carbocycles. The van der Waals surface area contributed by atoms with Gasteiger partial charge in [0, 0.05) is 18.3 Å². The van der Waals surface area contributed by atoms with Crippen LogP contribution in [0.5, 0.6) is 0 Å². The van der Waals surface area contributed by atoms with E-state index in [1.807, 2.05) is 11.4 Å². The lowest BCUT2D eigenvalue weighted by atomic mass is 10.2. The third-order valence-electron chi connectivity index (χ3n) is 2.90. The maximum absolute atomic E-state index is 11.8. The van der Waals surface area contributed by atoms with Gasteiger partial charge in [-0.25, -0.2) is 4.79 Å². The zero-order chi connectivity index (χ0) is 12.5. The summed E-state index contributed by atoms with van der Waals surface area (Å²) in [7, 11) is 0. The molecule has 2 heterocycles. The Morgan fingerprint density at radius 1 is 1.33 bits per heavy atom. The molecule has 4 nitrogen and oxygen atoms in total. The average molecular weight is 260 g/mol. The van der Waals surface area contributed by atoms with Crippen LogP contribution in [-0.2, 0) is 13.0 Å². The molecular weight excluding hydrogens is 248 g/mol. The van der Waals surface area contributed by atoms with Crippen LogP contribution in [-0.4, -0.2) is 4.57 Å². The van der Waals surface area contributed by atoms with Gasteiger partial charge < -0.3 is 10.2 Å². The number of benzene rings is 1. The quantitative estimate of drug-likeness (QED) is 0.736. The Labute approximate surface area is 107 Å². The number of nitrogen functional groups attached to an aromatic ring is 1. The average Bonchev–Trinajstić information content (AvgIpc) is 2.93. The first-order valence-electron chi connectivity index (χ1n) is 5.64. The molecule has 0 atom stereocenters. The van der Waals surface area contributed by atoms with Crippen LogP contribution in [0, 0.1) is 0 Å². The van der Waals surface area contributed by atoms with Gasteiger partial charge in [-0.1, -0.05) is 0 Å². The molecule has 92 valence electrons. The highest BCUT2D eigenvalue weighted by molar-refractivity contribution is 7.07. The van der Waals surface area contributed by atoms with Crippen molar-refractivity contribution >= 4 is 28.1 Å². The minimum absolute atomic E-state index is 0.328. The summed E-state index contributed by atoms with van der Waals surface area (Å²) in [5.41, 5.74) is 8.84.